The minimum Gasteiger partial charge on any atom is -0.508 e. The lowest BCUT2D eigenvalue weighted by Gasteiger charge is -2.10. The van der Waals surface area contributed by atoms with Crippen molar-refractivity contribution in [1.29, 1.82) is 0 Å². The molecule has 0 saturated carbocycles. The summed E-state index contributed by atoms with van der Waals surface area (Å²) in [5.74, 6) is 0.332. The average molecular weight is 204 g/mol. The Labute approximate surface area is 89.3 Å². The number of rotatable bonds is 3. The van der Waals surface area contributed by atoms with Crippen LogP contribution in [0.5, 0.6) is 5.75 Å². The number of fused-ring (bicyclic) bond motifs is 1. The predicted octanol–water partition coefficient (Wildman–Crippen LogP) is 1.98. The molecule has 2 rings (SSSR count). The van der Waals surface area contributed by atoms with Crippen molar-refractivity contribution < 1.29 is 5.11 Å². The van der Waals surface area contributed by atoms with Crippen LogP contribution < -0.4 is 0 Å². The van der Waals surface area contributed by atoms with E-state index < -0.39 is 0 Å². The van der Waals surface area contributed by atoms with Gasteiger partial charge in [0.05, 0.1) is 0 Å². The quantitative estimate of drug-likeness (QED) is 0.802. The first kappa shape index (κ1) is 10.1. The van der Waals surface area contributed by atoms with Crippen LogP contribution in [0.15, 0.2) is 24.4 Å². The van der Waals surface area contributed by atoms with E-state index in [1.165, 1.54) is 10.9 Å². The fraction of sp³-hybridized carbons (Fsp3) is 0.333. The number of likely N-dealkylation sites (N-methyl/N-ethyl adjacent to an activating group) is 1. The van der Waals surface area contributed by atoms with E-state index in [2.05, 4.69) is 30.0 Å². The summed E-state index contributed by atoms with van der Waals surface area (Å²) < 4.78 is 0. The second-order valence-electron chi connectivity index (χ2n) is 4.10. The van der Waals surface area contributed by atoms with E-state index in [1.807, 2.05) is 12.3 Å². The topological polar surface area (TPSA) is 39.3 Å². The maximum Gasteiger partial charge on any atom is 0.117 e. The molecule has 1 aromatic heterocycles. The van der Waals surface area contributed by atoms with Crippen LogP contribution in [0.1, 0.15) is 5.56 Å². The molecule has 0 saturated heterocycles. The van der Waals surface area contributed by atoms with Gasteiger partial charge in [0.1, 0.15) is 5.75 Å². The highest BCUT2D eigenvalue weighted by Gasteiger charge is 2.04. The van der Waals surface area contributed by atoms with Crippen LogP contribution in [0.25, 0.3) is 10.9 Å². The maximum absolute atomic E-state index is 9.56. The fourth-order valence-electron chi connectivity index (χ4n) is 1.78. The largest absolute Gasteiger partial charge is 0.508 e. The predicted molar refractivity (Wildman–Crippen MR) is 62.2 cm³/mol. The van der Waals surface area contributed by atoms with Gasteiger partial charge in [0.2, 0.25) is 0 Å². The number of hydrogen-bond donors (Lipinski definition) is 2. The van der Waals surface area contributed by atoms with Gasteiger partial charge in [-0.3, -0.25) is 0 Å². The molecule has 1 aromatic carbocycles. The zero-order valence-corrected chi connectivity index (χ0v) is 9.12. The highest BCUT2D eigenvalue weighted by molar-refractivity contribution is 5.84. The molecule has 1 heterocycles. The van der Waals surface area contributed by atoms with Crippen LogP contribution in [0.2, 0.25) is 0 Å². The van der Waals surface area contributed by atoms with Crippen molar-refractivity contribution in [3.63, 3.8) is 0 Å². The fourth-order valence-corrected chi connectivity index (χ4v) is 1.78. The molecule has 80 valence electrons. The third-order valence-electron chi connectivity index (χ3n) is 2.57. The van der Waals surface area contributed by atoms with E-state index in [0.717, 1.165) is 18.5 Å². The number of nitrogens with zero attached hydrogens (tertiary/aromatic N) is 1. The normalized spacial score (nSPS) is 11.4. The van der Waals surface area contributed by atoms with Crippen molar-refractivity contribution in [2.75, 3.05) is 20.6 Å². The van der Waals surface area contributed by atoms with Crippen molar-refractivity contribution in [1.82, 2.24) is 9.88 Å². The minimum atomic E-state index is 0.332. The van der Waals surface area contributed by atoms with Crippen molar-refractivity contribution in [3.05, 3.63) is 30.0 Å². The molecule has 3 heteroatoms. The van der Waals surface area contributed by atoms with Gasteiger partial charge in [-0.25, -0.2) is 0 Å². The van der Waals surface area contributed by atoms with Gasteiger partial charge in [0.15, 0.2) is 0 Å². The first-order valence-corrected chi connectivity index (χ1v) is 5.10. The molecular formula is C12H16N2O. The molecule has 15 heavy (non-hydrogen) atoms. The lowest BCUT2D eigenvalue weighted by molar-refractivity contribution is 0.413. The van der Waals surface area contributed by atoms with E-state index in [9.17, 15) is 5.11 Å². The number of aromatic hydroxyl groups is 1. The van der Waals surface area contributed by atoms with Gasteiger partial charge in [0.25, 0.3) is 0 Å². The summed E-state index contributed by atoms with van der Waals surface area (Å²) >= 11 is 0. The monoisotopic (exact) mass is 204 g/mol. The number of phenols is 1. The Balaban J connectivity index is 2.35. The molecule has 0 fully saturated rings. The number of hydrogen-bond acceptors (Lipinski definition) is 2. The van der Waals surface area contributed by atoms with E-state index in [4.69, 9.17) is 0 Å². The van der Waals surface area contributed by atoms with E-state index in [0.29, 0.717) is 5.75 Å². The molecule has 2 aromatic rings. The third kappa shape index (κ3) is 2.13. The molecule has 3 nitrogen and oxygen atoms in total. The molecule has 0 aliphatic carbocycles. The second kappa shape index (κ2) is 3.95. The first-order chi connectivity index (χ1) is 7.16. The highest BCUT2D eigenvalue weighted by Crippen LogP contribution is 2.24. The Hall–Kier alpha value is -1.48. The van der Waals surface area contributed by atoms with Crippen LogP contribution in [0.4, 0.5) is 0 Å². The van der Waals surface area contributed by atoms with Crippen LogP contribution in [-0.4, -0.2) is 35.6 Å². The zero-order valence-electron chi connectivity index (χ0n) is 9.12. The lowest BCUT2D eigenvalue weighted by atomic mass is 10.1. The van der Waals surface area contributed by atoms with Gasteiger partial charge in [-0.1, -0.05) is 0 Å². The highest BCUT2D eigenvalue weighted by atomic mass is 16.3. The van der Waals surface area contributed by atoms with E-state index in [-0.39, 0.29) is 0 Å². The molecule has 0 bridgehead atoms. The van der Waals surface area contributed by atoms with Crippen LogP contribution in [0.3, 0.4) is 0 Å². The number of nitrogens with one attached hydrogen (secondary N) is 1. The van der Waals surface area contributed by atoms with Gasteiger partial charge < -0.3 is 15.0 Å². The minimum absolute atomic E-state index is 0.332. The summed E-state index contributed by atoms with van der Waals surface area (Å²) in [4.78, 5) is 5.26. The smallest absolute Gasteiger partial charge is 0.117 e. The first-order valence-electron chi connectivity index (χ1n) is 5.10. The number of H-pyrrole nitrogens is 1. The molecule has 0 unspecified atom stereocenters. The molecule has 0 radical (unpaired) electrons. The summed E-state index contributed by atoms with van der Waals surface area (Å²) in [6.45, 7) is 0.990. The molecule has 0 spiro atoms. The Morgan fingerprint density at radius 3 is 2.87 bits per heavy atom. The van der Waals surface area contributed by atoms with Gasteiger partial charge in [-0.15, -0.1) is 0 Å². The average Bonchev–Trinajstić information content (AvgIpc) is 2.61. The summed E-state index contributed by atoms with van der Waals surface area (Å²) in [6.07, 6.45) is 2.86. The Morgan fingerprint density at radius 2 is 2.13 bits per heavy atom. The number of aromatic nitrogens is 1. The van der Waals surface area contributed by atoms with Crippen LogP contribution >= 0.6 is 0 Å². The Bertz CT molecular complexity index is 460. The van der Waals surface area contributed by atoms with E-state index in [1.54, 1.807) is 6.07 Å². The van der Waals surface area contributed by atoms with Crippen LogP contribution in [-0.2, 0) is 6.42 Å². The standard InChI is InChI=1S/C12H16N2O/c1-14(2)6-4-9-7-10(15)8-12-11(9)3-5-13-12/h3,5,7-8,13,15H,4,6H2,1-2H3. The van der Waals surface area contributed by atoms with Crippen molar-refractivity contribution in [3.8, 4) is 5.75 Å². The Kier molecular flexibility index (Phi) is 2.64. The molecule has 0 aliphatic rings. The molecule has 0 atom stereocenters. The molecule has 2 N–H and O–H groups in total. The van der Waals surface area contributed by atoms with Gasteiger partial charge >= 0.3 is 0 Å². The maximum atomic E-state index is 9.56. The van der Waals surface area contributed by atoms with Crippen molar-refractivity contribution in [2.45, 2.75) is 6.42 Å². The lowest BCUT2D eigenvalue weighted by Crippen LogP contribution is -2.15. The zero-order chi connectivity index (χ0) is 10.8. The number of aromatic amines is 1. The Morgan fingerprint density at radius 1 is 1.33 bits per heavy atom. The number of phenolic OH excluding ortho intramolecular Hbond substituents is 1. The van der Waals surface area contributed by atoms with Crippen molar-refractivity contribution >= 4 is 10.9 Å². The number of benzene rings is 1. The van der Waals surface area contributed by atoms with Crippen LogP contribution in [0, 0.1) is 0 Å². The third-order valence-corrected chi connectivity index (χ3v) is 2.57. The molecule has 0 aliphatic heterocycles. The summed E-state index contributed by atoms with van der Waals surface area (Å²) in [5, 5.41) is 10.8. The summed E-state index contributed by atoms with van der Waals surface area (Å²) in [5.41, 5.74) is 2.20. The second-order valence-corrected chi connectivity index (χ2v) is 4.10. The molecular weight excluding hydrogens is 188 g/mol. The summed E-state index contributed by atoms with van der Waals surface area (Å²) in [6, 6.07) is 5.66. The van der Waals surface area contributed by atoms with Gasteiger partial charge in [0, 0.05) is 29.7 Å². The van der Waals surface area contributed by atoms with Gasteiger partial charge in [-0.2, -0.15) is 0 Å². The van der Waals surface area contributed by atoms with E-state index >= 15 is 0 Å². The SMILES string of the molecule is CN(C)CCc1cc(O)cc2[nH]ccc12. The van der Waals surface area contributed by atoms with Gasteiger partial charge in [-0.05, 0) is 38.2 Å². The summed E-state index contributed by atoms with van der Waals surface area (Å²) in [7, 11) is 4.11. The van der Waals surface area contributed by atoms with Crippen molar-refractivity contribution in [2.24, 2.45) is 0 Å². The molecule has 0 amide bonds.